The van der Waals surface area contributed by atoms with Crippen LogP contribution in [0.25, 0.3) is 0 Å². The van der Waals surface area contributed by atoms with Gasteiger partial charge in [0.1, 0.15) is 5.54 Å². The molecule has 0 radical (unpaired) electrons. The summed E-state index contributed by atoms with van der Waals surface area (Å²) in [6, 6.07) is 0. The van der Waals surface area contributed by atoms with Crippen LogP contribution in [-0.2, 0) is 14.3 Å². The fourth-order valence-corrected chi connectivity index (χ4v) is 2.89. The molecule has 130 valence electrons. The van der Waals surface area contributed by atoms with Crippen molar-refractivity contribution in [2.75, 3.05) is 26.4 Å². The zero-order valence-electron chi connectivity index (χ0n) is 14.0. The van der Waals surface area contributed by atoms with Crippen molar-refractivity contribution in [2.24, 2.45) is 17.1 Å². The summed E-state index contributed by atoms with van der Waals surface area (Å²) in [6.45, 7) is 8.84. The number of ether oxygens (including phenoxy) is 2. The fourth-order valence-electron chi connectivity index (χ4n) is 2.89. The molecule has 2 unspecified atom stereocenters. The highest BCUT2D eigenvalue weighted by atomic mass is 35.5. The molecule has 0 bridgehead atoms. The standard InChI is InChI=1S/C16H30N2O3.ClH/c1-4-21-13-10-16(17,15(13,2)3)14(19)18-8-5-9-20-11-12-6-7-12;/h12-13H,4-11,17H2,1-3H3,(H,18,19);1H. The Hall–Kier alpha value is -0.360. The molecule has 2 aliphatic carbocycles. The van der Waals surface area contributed by atoms with E-state index in [9.17, 15) is 4.79 Å². The van der Waals surface area contributed by atoms with Gasteiger partial charge in [0.05, 0.1) is 6.10 Å². The number of rotatable bonds is 9. The number of hydrogen-bond donors (Lipinski definition) is 2. The molecule has 1 amide bonds. The van der Waals surface area contributed by atoms with Gasteiger partial charge in [-0.1, -0.05) is 13.8 Å². The lowest BCUT2D eigenvalue weighted by molar-refractivity contribution is -0.170. The number of hydrogen-bond acceptors (Lipinski definition) is 4. The summed E-state index contributed by atoms with van der Waals surface area (Å²) in [6.07, 6.45) is 4.12. The molecule has 22 heavy (non-hydrogen) atoms. The van der Waals surface area contributed by atoms with Gasteiger partial charge in [-0.05, 0) is 32.1 Å². The predicted octanol–water partition coefficient (Wildman–Crippen LogP) is 1.87. The molecule has 2 atom stereocenters. The minimum Gasteiger partial charge on any atom is -0.381 e. The van der Waals surface area contributed by atoms with Crippen molar-refractivity contribution in [3.8, 4) is 0 Å². The van der Waals surface area contributed by atoms with Crippen molar-refractivity contribution in [2.45, 2.75) is 58.1 Å². The summed E-state index contributed by atoms with van der Waals surface area (Å²) in [5.74, 6) is 0.726. The number of carbonyl (C=O) groups excluding carboxylic acids is 1. The Morgan fingerprint density at radius 3 is 2.59 bits per heavy atom. The lowest BCUT2D eigenvalue weighted by Gasteiger charge is -2.57. The highest BCUT2D eigenvalue weighted by Gasteiger charge is 2.62. The first kappa shape index (κ1) is 19.7. The van der Waals surface area contributed by atoms with Gasteiger partial charge in [-0.15, -0.1) is 12.4 Å². The number of nitrogens with one attached hydrogen (secondary N) is 1. The molecule has 0 aromatic carbocycles. The molecule has 2 fully saturated rings. The molecule has 3 N–H and O–H groups in total. The van der Waals surface area contributed by atoms with E-state index in [0.29, 0.717) is 26.2 Å². The first-order valence-electron chi connectivity index (χ1n) is 8.18. The zero-order valence-corrected chi connectivity index (χ0v) is 14.8. The van der Waals surface area contributed by atoms with Gasteiger partial charge in [-0.2, -0.15) is 0 Å². The monoisotopic (exact) mass is 334 g/mol. The molecular weight excluding hydrogens is 304 g/mol. The topological polar surface area (TPSA) is 73.6 Å². The second kappa shape index (κ2) is 7.95. The van der Waals surface area contributed by atoms with Gasteiger partial charge >= 0.3 is 0 Å². The van der Waals surface area contributed by atoms with Crippen LogP contribution in [-0.4, -0.2) is 43.9 Å². The SMILES string of the molecule is CCOC1CC(N)(C(=O)NCCCOCC2CC2)C1(C)C.Cl. The van der Waals surface area contributed by atoms with Gasteiger partial charge in [0.25, 0.3) is 0 Å². The van der Waals surface area contributed by atoms with Crippen LogP contribution >= 0.6 is 12.4 Å². The Labute approximate surface area is 140 Å². The molecule has 0 aromatic rings. The Morgan fingerprint density at radius 1 is 1.36 bits per heavy atom. The minimum absolute atomic E-state index is 0. The van der Waals surface area contributed by atoms with Crippen molar-refractivity contribution in [1.29, 1.82) is 0 Å². The zero-order chi connectivity index (χ0) is 15.5. The Balaban J connectivity index is 0.00000242. The smallest absolute Gasteiger partial charge is 0.240 e. The molecule has 5 nitrogen and oxygen atoms in total. The third kappa shape index (κ3) is 4.13. The van der Waals surface area contributed by atoms with E-state index in [1.165, 1.54) is 12.8 Å². The number of halogens is 1. The normalized spacial score (nSPS) is 29.4. The summed E-state index contributed by atoms with van der Waals surface area (Å²) in [7, 11) is 0. The van der Waals surface area contributed by atoms with E-state index in [4.69, 9.17) is 15.2 Å². The Bertz CT molecular complexity index is 374. The number of carbonyl (C=O) groups is 1. The minimum atomic E-state index is -0.818. The summed E-state index contributed by atoms with van der Waals surface area (Å²) < 4.78 is 11.2. The van der Waals surface area contributed by atoms with Crippen molar-refractivity contribution in [3.63, 3.8) is 0 Å². The van der Waals surface area contributed by atoms with Gasteiger partial charge in [0.2, 0.25) is 5.91 Å². The number of nitrogens with two attached hydrogens (primary N) is 1. The predicted molar refractivity (Wildman–Crippen MR) is 89.1 cm³/mol. The molecule has 0 heterocycles. The van der Waals surface area contributed by atoms with Gasteiger partial charge in [-0.25, -0.2) is 0 Å². The summed E-state index contributed by atoms with van der Waals surface area (Å²) >= 11 is 0. The maximum atomic E-state index is 12.3. The molecular formula is C16H31ClN2O3. The van der Waals surface area contributed by atoms with Crippen molar-refractivity contribution in [3.05, 3.63) is 0 Å². The van der Waals surface area contributed by atoms with Gasteiger partial charge in [0, 0.05) is 38.2 Å². The second-order valence-electron chi connectivity index (χ2n) is 6.97. The average Bonchev–Trinajstić information content (AvgIpc) is 3.26. The maximum absolute atomic E-state index is 12.3. The summed E-state index contributed by atoms with van der Waals surface area (Å²) in [4.78, 5) is 12.3. The molecule has 0 saturated heterocycles. The third-order valence-corrected chi connectivity index (χ3v) is 5.04. The summed E-state index contributed by atoms with van der Waals surface area (Å²) in [5, 5.41) is 2.95. The van der Waals surface area contributed by atoms with Crippen LogP contribution in [0.3, 0.4) is 0 Å². The average molecular weight is 335 g/mol. The van der Waals surface area contributed by atoms with Crippen LogP contribution in [0.1, 0.15) is 46.5 Å². The van der Waals surface area contributed by atoms with E-state index in [-0.39, 0.29) is 29.8 Å². The van der Waals surface area contributed by atoms with Crippen molar-refractivity contribution in [1.82, 2.24) is 5.32 Å². The molecule has 2 rings (SSSR count). The van der Waals surface area contributed by atoms with E-state index in [1.807, 2.05) is 20.8 Å². The van der Waals surface area contributed by atoms with Gasteiger partial charge in [0.15, 0.2) is 0 Å². The van der Waals surface area contributed by atoms with Crippen LogP contribution in [0.4, 0.5) is 0 Å². The van der Waals surface area contributed by atoms with Crippen LogP contribution in [0.5, 0.6) is 0 Å². The maximum Gasteiger partial charge on any atom is 0.240 e. The molecule has 2 saturated carbocycles. The van der Waals surface area contributed by atoms with Gasteiger partial charge < -0.3 is 20.5 Å². The first-order chi connectivity index (χ1) is 9.91. The van der Waals surface area contributed by atoms with Crippen molar-refractivity contribution >= 4 is 18.3 Å². The van der Waals surface area contributed by atoms with Gasteiger partial charge in [-0.3, -0.25) is 4.79 Å². The van der Waals surface area contributed by atoms with Crippen LogP contribution in [0.15, 0.2) is 0 Å². The first-order valence-corrected chi connectivity index (χ1v) is 8.18. The van der Waals surface area contributed by atoms with Crippen LogP contribution < -0.4 is 11.1 Å². The number of amides is 1. The lowest BCUT2D eigenvalue weighted by Crippen LogP contribution is -2.75. The van der Waals surface area contributed by atoms with E-state index >= 15 is 0 Å². The summed E-state index contributed by atoms with van der Waals surface area (Å²) in [5.41, 5.74) is 5.17. The largest absolute Gasteiger partial charge is 0.381 e. The Kier molecular flexibility index (Phi) is 7.12. The third-order valence-electron chi connectivity index (χ3n) is 5.04. The van der Waals surface area contributed by atoms with E-state index in [0.717, 1.165) is 18.9 Å². The van der Waals surface area contributed by atoms with Crippen molar-refractivity contribution < 1.29 is 14.3 Å². The van der Waals surface area contributed by atoms with E-state index in [1.54, 1.807) is 0 Å². The van der Waals surface area contributed by atoms with E-state index < -0.39 is 5.54 Å². The molecule has 0 aliphatic heterocycles. The Morgan fingerprint density at radius 2 is 2.05 bits per heavy atom. The quantitative estimate of drug-likeness (QED) is 0.631. The van der Waals surface area contributed by atoms with Crippen LogP contribution in [0, 0.1) is 11.3 Å². The highest BCUT2D eigenvalue weighted by molar-refractivity contribution is 5.88. The molecule has 6 heteroatoms. The molecule has 0 aromatic heterocycles. The van der Waals surface area contributed by atoms with E-state index in [2.05, 4.69) is 5.32 Å². The highest BCUT2D eigenvalue weighted by Crippen LogP contribution is 2.49. The lowest BCUT2D eigenvalue weighted by atomic mass is 9.54. The fraction of sp³-hybridized carbons (Fsp3) is 0.938. The second-order valence-corrected chi connectivity index (χ2v) is 6.97. The molecule has 0 spiro atoms. The molecule has 2 aliphatic rings. The van der Waals surface area contributed by atoms with Crippen LogP contribution in [0.2, 0.25) is 0 Å².